The Morgan fingerprint density at radius 2 is 1.56 bits per heavy atom. The third kappa shape index (κ3) is 7.80. The Morgan fingerprint density at radius 1 is 0.821 bits per heavy atom. The largest absolute Gasteiger partial charge is 0.493 e. The highest BCUT2D eigenvalue weighted by Gasteiger charge is 2.13. The van der Waals surface area contributed by atoms with Gasteiger partial charge in [-0.25, -0.2) is 5.43 Å². The van der Waals surface area contributed by atoms with Gasteiger partial charge in [-0.2, -0.15) is 5.10 Å². The van der Waals surface area contributed by atoms with E-state index in [0.717, 1.165) is 11.1 Å². The Bertz CT molecular complexity index is 1470. The van der Waals surface area contributed by atoms with Crippen LogP contribution in [0.15, 0.2) is 84.0 Å². The second kappa shape index (κ2) is 13.6. The minimum atomic E-state index is -0.434. The number of hydrogen-bond acceptors (Lipinski definition) is 5. The number of amides is 1. The Morgan fingerprint density at radius 3 is 2.26 bits per heavy atom. The van der Waals surface area contributed by atoms with Gasteiger partial charge in [-0.1, -0.05) is 82.8 Å². The highest BCUT2D eigenvalue weighted by Crippen LogP contribution is 2.35. The quantitative estimate of drug-likeness (QED) is 0.146. The molecule has 0 aliphatic heterocycles. The summed E-state index contributed by atoms with van der Waals surface area (Å²) >= 11 is 24.9. The zero-order valence-electron chi connectivity index (χ0n) is 20.6. The van der Waals surface area contributed by atoms with E-state index in [1.807, 2.05) is 30.3 Å². The third-order valence-corrected chi connectivity index (χ3v) is 6.60. The molecule has 0 saturated heterocycles. The van der Waals surface area contributed by atoms with Crippen molar-refractivity contribution < 1.29 is 19.0 Å². The molecule has 4 rings (SSSR count). The molecule has 4 aromatic carbocycles. The monoisotopic (exact) mass is 602 g/mol. The van der Waals surface area contributed by atoms with E-state index < -0.39 is 5.91 Å². The first-order chi connectivity index (χ1) is 18.8. The molecule has 0 aliphatic rings. The van der Waals surface area contributed by atoms with Gasteiger partial charge in [0.25, 0.3) is 5.91 Å². The van der Waals surface area contributed by atoms with Crippen molar-refractivity contribution in [2.75, 3.05) is 7.11 Å². The van der Waals surface area contributed by atoms with E-state index in [2.05, 4.69) is 10.5 Å². The Labute approximate surface area is 246 Å². The van der Waals surface area contributed by atoms with Crippen LogP contribution in [-0.4, -0.2) is 19.2 Å². The lowest BCUT2D eigenvalue weighted by Gasteiger charge is -2.12. The normalized spacial score (nSPS) is 10.9. The van der Waals surface area contributed by atoms with Crippen LogP contribution in [0.1, 0.15) is 27.0 Å². The van der Waals surface area contributed by atoms with Gasteiger partial charge in [-0.3, -0.25) is 4.79 Å². The SMILES string of the molecule is COc1cc(C(=O)N/N=C/c2cc(Cl)c(OCc3ccc(Cl)cc3Cl)c(Cl)c2)ccc1OCc1ccccc1. The molecule has 1 amide bonds. The van der Waals surface area contributed by atoms with Gasteiger partial charge in [0.1, 0.15) is 13.2 Å². The summed E-state index contributed by atoms with van der Waals surface area (Å²) in [4.78, 5) is 12.6. The summed E-state index contributed by atoms with van der Waals surface area (Å²) in [6, 6.07) is 23.0. The van der Waals surface area contributed by atoms with Crippen LogP contribution >= 0.6 is 46.4 Å². The molecule has 0 saturated carbocycles. The average molecular weight is 604 g/mol. The lowest BCUT2D eigenvalue weighted by atomic mass is 10.2. The van der Waals surface area contributed by atoms with Crippen molar-refractivity contribution in [3.63, 3.8) is 0 Å². The molecule has 0 fully saturated rings. The maximum absolute atomic E-state index is 12.6. The molecule has 0 heterocycles. The van der Waals surface area contributed by atoms with Crippen LogP contribution in [0.5, 0.6) is 17.2 Å². The van der Waals surface area contributed by atoms with Crippen LogP contribution in [0.3, 0.4) is 0 Å². The van der Waals surface area contributed by atoms with Crippen LogP contribution in [0.2, 0.25) is 20.1 Å². The molecular weight excluding hydrogens is 582 g/mol. The lowest BCUT2D eigenvalue weighted by Crippen LogP contribution is -2.17. The zero-order chi connectivity index (χ0) is 27.8. The van der Waals surface area contributed by atoms with Gasteiger partial charge in [0, 0.05) is 21.2 Å². The predicted octanol–water partition coefficient (Wildman–Crippen LogP) is 8.23. The molecule has 200 valence electrons. The van der Waals surface area contributed by atoms with Crippen molar-refractivity contribution in [2.24, 2.45) is 5.10 Å². The van der Waals surface area contributed by atoms with E-state index in [4.69, 9.17) is 60.6 Å². The van der Waals surface area contributed by atoms with E-state index in [1.165, 1.54) is 13.3 Å². The molecule has 0 unspecified atom stereocenters. The first-order valence-electron chi connectivity index (χ1n) is 11.6. The number of benzene rings is 4. The summed E-state index contributed by atoms with van der Waals surface area (Å²) in [5, 5.41) is 5.56. The van der Waals surface area contributed by atoms with Gasteiger partial charge in [0.05, 0.1) is 23.4 Å². The molecule has 0 atom stereocenters. The van der Waals surface area contributed by atoms with Crippen LogP contribution in [0.25, 0.3) is 0 Å². The van der Waals surface area contributed by atoms with Gasteiger partial charge in [0.15, 0.2) is 17.2 Å². The van der Waals surface area contributed by atoms with Crippen molar-refractivity contribution >= 4 is 58.5 Å². The Kier molecular flexibility index (Phi) is 9.96. The standard InChI is InChI=1S/C29H22Cl4N2O4/c1-37-27-13-20(8-10-26(27)38-16-18-5-3-2-4-6-18)29(36)35-34-15-19-11-24(32)28(25(33)12-19)39-17-21-7-9-22(30)14-23(21)31/h2-15H,16-17H2,1H3,(H,35,36)/b34-15+. The van der Waals surface area contributed by atoms with Gasteiger partial charge in [-0.15, -0.1) is 0 Å². The number of methoxy groups -OCH3 is 1. The second-order valence-corrected chi connectivity index (χ2v) is 9.84. The summed E-state index contributed by atoms with van der Waals surface area (Å²) in [7, 11) is 1.51. The number of hydrazone groups is 1. The molecule has 0 bridgehead atoms. The molecule has 10 heteroatoms. The van der Waals surface area contributed by atoms with E-state index >= 15 is 0 Å². The minimum absolute atomic E-state index is 0.151. The number of halogens is 4. The van der Waals surface area contributed by atoms with Crippen molar-refractivity contribution in [2.45, 2.75) is 13.2 Å². The number of nitrogens with one attached hydrogen (secondary N) is 1. The fourth-order valence-electron chi connectivity index (χ4n) is 3.47. The van der Waals surface area contributed by atoms with E-state index in [-0.39, 0.29) is 16.7 Å². The first-order valence-corrected chi connectivity index (χ1v) is 13.1. The van der Waals surface area contributed by atoms with Crippen molar-refractivity contribution in [1.29, 1.82) is 0 Å². The molecule has 0 aromatic heterocycles. The molecule has 0 spiro atoms. The first kappa shape index (κ1) is 28.6. The number of ether oxygens (including phenoxy) is 3. The fraction of sp³-hybridized carbons (Fsp3) is 0.103. The maximum atomic E-state index is 12.6. The summed E-state index contributed by atoms with van der Waals surface area (Å²) in [6.07, 6.45) is 1.42. The topological polar surface area (TPSA) is 69.2 Å². The number of nitrogens with zero attached hydrogens (tertiary/aromatic N) is 1. The summed E-state index contributed by atoms with van der Waals surface area (Å²) in [6.45, 7) is 0.523. The molecule has 6 nitrogen and oxygen atoms in total. The van der Waals surface area contributed by atoms with Crippen LogP contribution in [0, 0.1) is 0 Å². The molecule has 39 heavy (non-hydrogen) atoms. The van der Waals surface area contributed by atoms with Crippen molar-refractivity contribution in [3.05, 3.63) is 121 Å². The predicted molar refractivity (Wildman–Crippen MR) is 156 cm³/mol. The van der Waals surface area contributed by atoms with Gasteiger partial charge in [0.2, 0.25) is 0 Å². The molecule has 0 radical (unpaired) electrons. The highest BCUT2D eigenvalue weighted by molar-refractivity contribution is 6.37. The molecular formula is C29H22Cl4N2O4. The zero-order valence-corrected chi connectivity index (χ0v) is 23.6. The summed E-state index contributed by atoms with van der Waals surface area (Å²) < 4.78 is 17.0. The summed E-state index contributed by atoms with van der Waals surface area (Å²) in [5.74, 6) is 0.811. The maximum Gasteiger partial charge on any atom is 0.271 e. The Hall–Kier alpha value is -3.42. The van der Waals surface area contributed by atoms with E-state index in [1.54, 1.807) is 48.5 Å². The third-order valence-electron chi connectivity index (χ3n) is 5.45. The van der Waals surface area contributed by atoms with Gasteiger partial charge < -0.3 is 14.2 Å². The lowest BCUT2D eigenvalue weighted by molar-refractivity contribution is 0.0954. The van der Waals surface area contributed by atoms with Crippen molar-refractivity contribution in [3.8, 4) is 17.2 Å². The second-order valence-electron chi connectivity index (χ2n) is 8.18. The van der Waals surface area contributed by atoms with Crippen LogP contribution in [-0.2, 0) is 13.2 Å². The Balaban J connectivity index is 1.37. The smallest absolute Gasteiger partial charge is 0.271 e. The van der Waals surface area contributed by atoms with E-state index in [9.17, 15) is 4.79 Å². The van der Waals surface area contributed by atoms with Gasteiger partial charge >= 0.3 is 0 Å². The average Bonchev–Trinajstić information content (AvgIpc) is 2.93. The van der Waals surface area contributed by atoms with Crippen LogP contribution < -0.4 is 19.6 Å². The minimum Gasteiger partial charge on any atom is -0.493 e. The van der Waals surface area contributed by atoms with Crippen LogP contribution in [0.4, 0.5) is 0 Å². The highest BCUT2D eigenvalue weighted by atomic mass is 35.5. The number of carbonyl (C=O) groups excluding carboxylic acids is 1. The van der Waals surface area contributed by atoms with E-state index in [0.29, 0.717) is 45.0 Å². The number of rotatable bonds is 10. The van der Waals surface area contributed by atoms with Crippen molar-refractivity contribution in [1.82, 2.24) is 5.43 Å². The molecule has 0 aliphatic carbocycles. The molecule has 1 N–H and O–H groups in total. The number of hydrogen-bond donors (Lipinski definition) is 1. The number of carbonyl (C=O) groups is 1. The fourth-order valence-corrected chi connectivity index (χ4v) is 4.55. The summed E-state index contributed by atoms with van der Waals surface area (Å²) in [5.41, 5.74) is 5.13. The molecule has 4 aromatic rings. The van der Waals surface area contributed by atoms with Gasteiger partial charge in [-0.05, 0) is 53.6 Å².